The fourth-order valence-corrected chi connectivity index (χ4v) is 1.82. The van der Waals surface area contributed by atoms with Gasteiger partial charge in [0.2, 0.25) is 0 Å². The Morgan fingerprint density at radius 3 is 1.65 bits per heavy atom. The predicted molar refractivity (Wildman–Crippen MR) is 72.8 cm³/mol. The fourth-order valence-electron chi connectivity index (χ4n) is 1.82. The van der Waals surface area contributed by atoms with Crippen LogP contribution in [0.3, 0.4) is 0 Å². The second-order valence-electron chi connectivity index (χ2n) is 4.40. The van der Waals surface area contributed by atoms with Crippen molar-refractivity contribution in [1.29, 1.82) is 0 Å². The average molecular weight is 334 g/mol. The largest absolute Gasteiger partial charge is 0.507 e. The van der Waals surface area contributed by atoms with Crippen LogP contribution in [-0.2, 0) is 26.2 Å². The summed E-state index contributed by atoms with van der Waals surface area (Å²) in [6, 6.07) is 6.13. The number of halogens is 1. The average Bonchev–Trinajstić information content (AvgIpc) is 2.27. The van der Waals surface area contributed by atoms with Crippen molar-refractivity contribution in [3.63, 3.8) is 0 Å². The van der Waals surface area contributed by atoms with E-state index in [1.165, 1.54) is 0 Å². The van der Waals surface area contributed by atoms with Crippen molar-refractivity contribution in [2.75, 3.05) is 0 Å². The first-order valence-corrected chi connectivity index (χ1v) is 5.93. The SMILES string of the molecule is CCC(C)c1cccc(C(C)CC)c1O.Cl.[Zr]. The summed E-state index contributed by atoms with van der Waals surface area (Å²) in [6.45, 7) is 8.63. The number of phenols is 1. The van der Waals surface area contributed by atoms with Crippen molar-refractivity contribution in [2.24, 2.45) is 0 Å². The zero-order valence-corrected chi connectivity index (χ0v) is 14.4. The maximum Gasteiger partial charge on any atom is 0.122 e. The number of aromatic hydroxyl groups is 1. The summed E-state index contributed by atoms with van der Waals surface area (Å²) in [5.41, 5.74) is 2.19. The molecule has 1 aromatic rings. The molecule has 0 radical (unpaired) electrons. The molecule has 0 saturated heterocycles. The summed E-state index contributed by atoms with van der Waals surface area (Å²) in [4.78, 5) is 0. The van der Waals surface area contributed by atoms with Crippen LogP contribution in [0.15, 0.2) is 18.2 Å². The van der Waals surface area contributed by atoms with Crippen molar-refractivity contribution in [2.45, 2.75) is 52.4 Å². The van der Waals surface area contributed by atoms with Gasteiger partial charge in [0.05, 0.1) is 0 Å². The first-order valence-electron chi connectivity index (χ1n) is 5.93. The van der Waals surface area contributed by atoms with Gasteiger partial charge in [0.15, 0.2) is 0 Å². The zero-order valence-electron chi connectivity index (χ0n) is 11.2. The smallest absolute Gasteiger partial charge is 0.122 e. The van der Waals surface area contributed by atoms with Crippen molar-refractivity contribution in [3.8, 4) is 5.75 Å². The van der Waals surface area contributed by atoms with E-state index in [9.17, 15) is 5.11 Å². The van der Waals surface area contributed by atoms with Gasteiger partial charge in [-0.1, -0.05) is 45.9 Å². The van der Waals surface area contributed by atoms with Crippen molar-refractivity contribution in [1.82, 2.24) is 0 Å². The van der Waals surface area contributed by atoms with Crippen LogP contribution >= 0.6 is 12.4 Å². The number of para-hydroxylation sites is 1. The standard InChI is InChI=1S/C14H22O.ClH.Zr/c1-5-10(3)12-8-7-9-13(14(12)15)11(4)6-2;;/h7-11,15H,5-6H2,1-4H3;1H;. The third-order valence-corrected chi connectivity index (χ3v) is 3.39. The molecule has 17 heavy (non-hydrogen) atoms. The van der Waals surface area contributed by atoms with Crippen LogP contribution in [0, 0.1) is 0 Å². The summed E-state index contributed by atoms with van der Waals surface area (Å²) in [6.07, 6.45) is 2.13. The molecule has 0 aliphatic heterocycles. The van der Waals surface area contributed by atoms with Crippen molar-refractivity contribution >= 4 is 12.4 Å². The van der Waals surface area contributed by atoms with Gasteiger partial charge < -0.3 is 5.11 Å². The van der Waals surface area contributed by atoms with E-state index in [4.69, 9.17) is 0 Å². The van der Waals surface area contributed by atoms with Crippen molar-refractivity contribution in [3.05, 3.63) is 29.3 Å². The van der Waals surface area contributed by atoms with E-state index in [0.29, 0.717) is 17.6 Å². The van der Waals surface area contributed by atoms with Crippen molar-refractivity contribution < 1.29 is 31.3 Å². The van der Waals surface area contributed by atoms with Crippen LogP contribution < -0.4 is 0 Å². The monoisotopic (exact) mass is 332 g/mol. The molecule has 2 unspecified atom stereocenters. The Balaban J connectivity index is 0. The zero-order chi connectivity index (χ0) is 11.4. The van der Waals surface area contributed by atoms with Gasteiger partial charge in [-0.05, 0) is 35.8 Å². The molecule has 96 valence electrons. The molecule has 0 aliphatic carbocycles. The molecule has 1 rings (SSSR count). The predicted octanol–water partition coefficient (Wildman–Crippen LogP) is 4.84. The summed E-state index contributed by atoms with van der Waals surface area (Å²) >= 11 is 0. The van der Waals surface area contributed by atoms with Gasteiger partial charge >= 0.3 is 0 Å². The number of hydrogen-bond donors (Lipinski definition) is 1. The minimum Gasteiger partial charge on any atom is -0.507 e. The van der Waals surface area contributed by atoms with Gasteiger partial charge in [0, 0.05) is 26.2 Å². The molecule has 0 aliphatic rings. The van der Waals surface area contributed by atoms with Crippen LogP contribution in [0.2, 0.25) is 0 Å². The second-order valence-corrected chi connectivity index (χ2v) is 4.40. The topological polar surface area (TPSA) is 20.2 Å². The summed E-state index contributed by atoms with van der Waals surface area (Å²) in [5, 5.41) is 10.2. The Morgan fingerprint density at radius 2 is 1.35 bits per heavy atom. The molecule has 0 heterocycles. The van der Waals surface area contributed by atoms with Crippen LogP contribution in [0.5, 0.6) is 5.75 Å². The minimum atomic E-state index is 0. The number of hydrogen-bond acceptors (Lipinski definition) is 1. The van der Waals surface area contributed by atoms with Gasteiger partial charge in [-0.3, -0.25) is 0 Å². The minimum absolute atomic E-state index is 0. The molecule has 1 aromatic carbocycles. The molecule has 1 N–H and O–H groups in total. The van der Waals surface area contributed by atoms with E-state index in [2.05, 4.69) is 33.8 Å². The molecule has 0 fully saturated rings. The molecule has 0 spiro atoms. The van der Waals surface area contributed by atoms with E-state index >= 15 is 0 Å². The van der Waals surface area contributed by atoms with Gasteiger partial charge in [-0.25, -0.2) is 0 Å². The Labute approximate surface area is 131 Å². The van der Waals surface area contributed by atoms with E-state index in [1.807, 2.05) is 12.1 Å². The second kappa shape index (κ2) is 9.17. The third-order valence-electron chi connectivity index (χ3n) is 3.39. The number of phenolic OH excluding ortho intramolecular Hbond substituents is 1. The van der Waals surface area contributed by atoms with Gasteiger partial charge in [0.1, 0.15) is 5.75 Å². The number of rotatable bonds is 4. The maximum atomic E-state index is 10.2. The molecule has 0 saturated carbocycles. The summed E-state index contributed by atoms with van der Waals surface area (Å²) in [5.74, 6) is 1.39. The molecule has 3 heteroatoms. The van der Waals surface area contributed by atoms with Gasteiger partial charge in [-0.15, -0.1) is 12.4 Å². The van der Waals surface area contributed by atoms with E-state index in [0.717, 1.165) is 24.0 Å². The molecule has 1 nitrogen and oxygen atoms in total. The number of benzene rings is 1. The Kier molecular flexibility index (Phi) is 10.5. The van der Waals surface area contributed by atoms with E-state index in [1.54, 1.807) is 0 Å². The van der Waals surface area contributed by atoms with Crippen LogP contribution in [0.4, 0.5) is 0 Å². The Morgan fingerprint density at radius 1 is 1.00 bits per heavy atom. The first kappa shape index (κ1) is 19.5. The Bertz CT molecular complexity index is 300. The van der Waals surface area contributed by atoms with E-state index < -0.39 is 0 Å². The summed E-state index contributed by atoms with van der Waals surface area (Å²) < 4.78 is 0. The van der Waals surface area contributed by atoms with Crippen LogP contribution in [-0.4, -0.2) is 5.11 Å². The van der Waals surface area contributed by atoms with Gasteiger partial charge in [0.25, 0.3) is 0 Å². The molecule has 2 atom stereocenters. The molecule has 0 amide bonds. The maximum absolute atomic E-state index is 10.2. The normalized spacial score (nSPS) is 13.2. The third kappa shape index (κ3) is 4.75. The molecular formula is C14H23ClOZr. The molecule has 0 aromatic heterocycles. The van der Waals surface area contributed by atoms with Crippen LogP contribution in [0.1, 0.15) is 63.5 Å². The molecular weight excluding hydrogens is 311 g/mol. The first-order chi connectivity index (χ1) is 7.11. The quantitative estimate of drug-likeness (QED) is 0.836. The van der Waals surface area contributed by atoms with Gasteiger partial charge in [-0.2, -0.15) is 0 Å². The Hall–Kier alpha value is 0.193. The van der Waals surface area contributed by atoms with E-state index in [-0.39, 0.29) is 38.6 Å². The van der Waals surface area contributed by atoms with Crippen LogP contribution in [0.25, 0.3) is 0 Å². The fraction of sp³-hybridized carbons (Fsp3) is 0.571. The summed E-state index contributed by atoms with van der Waals surface area (Å²) in [7, 11) is 0. The molecule has 0 bridgehead atoms.